The van der Waals surface area contributed by atoms with Crippen molar-refractivity contribution >= 4 is 27.3 Å². The fourth-order valence-electron chi connectivity index (χ4n) is 4.42. The average Bonchev–Trinajstić information content (AvgIpc) is 3.36. The van der Waals surface area contributed by atoms with Gasteiger partial charge < -0.3 is 19.3 Å². The Morgan fingerprint density at radius 2 is 2.00 bits per heavy atom. The molecule has 10 heteroatoms. The number of aromatic nitrogens is 3. The number of fused-ring (bicyclic) bond motifs is 1. The van der Waals surface area contributed by atoms with Crippen molar-refractivity contribution < 1.29 is 14.3 Å². The minimum absolute atomic E-state index is 0.0653. The fraction of sp³-hybridized carbons (Fsp3) is 0.684. The molecule has 3 aliphatic rings. The molecule has 0 N–H and O–H groups in total. The van der Waals surface area contributed by atoms with E-state index in [0.29, 0.717) is 50.0 Å². The van der Waals surface area contributed by atoms with Crippen LogP contribution < -0.4 is 10.5 Å². The van der Waals surface area contributed by atoms with Crippen molar-refractivity contribution in [3.63, 3.8) is 0 Å². The van der Waals surface area contributed by atoms with E-state index in [1.54, 1.807) is 4.90 Å². The summed E-state index contributed by atoms with van der Waals surface area (Å²) in [7, 11) is 0. The van der Waals surface area contributed by atoms with Gasteiger partial charge in [-0.25, -0.2) is 4.98 Å². The lowest BCUT2D eigenvalue weighted by molar-refractivity contribution is -0.181. The molecule has 1 amide bonds. The Labute approximate surface area is 172 Å². The summed E-state index contributed by atoms with van der Waals surface area (Å²) in [5, 5.41) is 5.28. The Morgan fingerprint density at radius 1 is 1.24 bits per heavy atom. The van der Waals surface area contributed by atoms with Gasteiger partial charge in [0.2, 0.25) is 10.1 Å². The zero-order valence-corrected chi connectivity index (χ0v) is 17.3. The quantitative estimate of drug-likeness (QED) is 0.726. The first-order valence-corrected chi connectivity index (χ1v) is 11.1. The largest absolute Gasteiger partial charge is 0.347 e. The molecule has 1 spiro atoms. The minimum Gasteiger partial charge on any atom is -0.347 e. The number of anilines is 1. The molecule has 3 aliphatic heterocycles. The maximum absolute atomic E-state index is 13.0. The molecule has 5 heterocycles. The molecule has 29 heavy (non-hydrogen) atoms. The molecule has 2 aromatic rings. The van der Waals surface area contributed by atoms with E-state index >= 15 is 0 Å². The summed E-state index contributed by atoms with van der Waals surface area (Å²) >= 11 is 1.40. The van der Waals surface area contributed by atoms with Crippen molar-refractivity contribution in [3.8, 4) is 0 Å². The predicted molar refractivity (Wildman–Crippen MR) is 108 cm³/mol. The molecule has 1 unspecified atom stereocenters. The van der Waals surface area contributed by atoms with Crippen LogP contribution >= 0.6 is 11.3 Å². The molecule has 9 nitrogen and oxygen atoms in total. The Hall–Kier alpha value is -2.04. The standard InChI is InChI=1S/C19H25N5O4S/c1-13-3-2-6-23(12-13)18-21-24-16(26)14(11-20-17(24)29-18)15(25)22-7-4-19(5-8-22)27-9-10-28-19/h11,13H,2-10,12H2,1H3. The molecule has 0 radical (unpaired) electrons. The molecule has 3 fully saturated rings. The summed E-state index contributed by atoms with van der Waals surface area (Å²) in [5.74, 6) is -0.248. The Balaban J connectivity index is 1.37. The Morgan fingerprint density at radius 3 is 2.72 bits per heavy atom. The first kappa shape index (κ1) is 19.0. The van der Waals surface area contributed by atoms with E-state index in [4.69, 9.17) is 9.47 Å². The number of ether oxygens (including phenoxy) is 2. The van der Waals surface area contributed by atoms with Crippen molar-refractivity contribution in [2.45, 2.75) is 38.4 Å². The van der Waals surface area contributed by atoms with Gasteiger partial charge in [0.25, 0.3) is 11.5 Å². The van der Waals surface area contributed by atoms with Gasteiger partial charge >= 0.3 is 0 Å². The van der Waals surface area contributed by atoms with E-state index < -0.39 is 11.3 Å². The van der Waals surface area contributed by atoms with Gasteiger partial charge in [0.1, 0.15) is 5.56 Å². The number of piperidine rings is 2. The van der Waals surface area contributed by atoms with Crippen molar-refractivity contribution in [2.24, 2.45) is 5.92 Å². The third-order valence-corrected chi connectivity index (χ3v) is 7.04. The number of carbonyl (C=O) groups is 1. The summed E-state index contributed by atoms with van der Waals surface area (Å²) in [6.45, 7) is 6.27. The summed E-state index contributed by atoms with van der Waals surface area (Å²) in [4.78, 5) is 34.7. The monoisotopic (exact) mass is 419 g/mol. The fourth-order valence-corrected chi connectivity index (χ4v) is 5.32. The first-order chi connectivity index (χ1) is 14.0. The molecular formula is C19H25N5O4S. The molecule has 0 aliphatic carbocycles. The van der Waals surface area contributed by atoms with Crippen LogP contribution in [-0.2, 0) is 9.47 Å². The third kappa shape index (κ3) is 3.43. The van der Waals surface area contributed by atoms with Crippen molar-refractivity contribution in [1.82, 2.24) is 19.5 Å². The number of nitrogens with zero attached hydrogens (tertiary/aromatic N) is 5. The molecule has 0 saturated carbocycles. The van der Waals surface area contributed by atoms with Crippen LogP contribution in [0.5, 0.6) is 0 Å². The molecule has 5 rings (SSSR count). The third-order valence-electron chi connectivity index (χ3n) is 6.06. The van der Waals surface area contributed by atoms with Gasteiger partial charge in [-0.15, -0.1) is 5.10 Å². The molecule has 3 saturated heterocycles. The normalized spacial score (nSPS) is 24.5. The lowest BCUT2D eigenvalue weighted by Gasteiger charge is -2.37. The van der Waals surface area contributed by atoms with E-state index in [1.165, 1.54) is 28.5 Å². The Bertz CT molecular complexity index is 973. The van der Waals surface area contributed by atoms with Crippen LogP contribution in [0.2, 0.25) is 0 Å². The van der Waals surface area contributed by atoms with Gasteiger partial charge in [0.05, 0.1) is 13.2 Å². The van der Waals surface area contributed by atoms with Crippen LogP contribution in [0.25, 0.3) is 4.96 Å². The number of likely N-dealkylation sites (tertiary alicyclic amines) is 1. The van der Waals surface area contributed by atoms with Gasteiger partial charge in [-0.3, -0.25) is 9.59 Å². The second-order valence-electron chi connectivity index (χ2n) is 8.15. The lowest BCUT2D eigenvalue weighted by Crippen LogP contribution is -2.48. The zero-order chi connectivity index (χ0) is 20.0. The average molecular weight is 420 g/mol. The predicted octanol–water partition coefficient (Wildman–Crippen LogP) is 1.37. The molecular weight excluding hydrogens is 394 g/mol. The van der Waals surface area contributed by atoms with Gasteiger partial charge in [-0.05, 0) is 18.8 Å². The molecule has 1 atom stereocenters. The van der Waals surface area contributed by atoms with Crippen LogP contribution in [0, 0.1) is 5.92 Å². The van der Waals surface area contributed by atoms with Crippen LogP contribution in [-0.4, -0.2) is 70.6 Å². The minimum atomic E-state index is -0.552. The SMILES string of the molecule is CC1CCCN(c2nn3c(=O)c(C(=O)N4CCC5(CC4)OCCO5)cnc3s2)C1. The van der Waals surface area contributed by atoms with Crippen LogP contribution in [0.4, 0.5) is 5.13 Å². The molecule has 156 valence electrons. The zero-order valence-electron chi connectivity index (χ0n) is 16.5. The number of hydrogen-bond acceptors (Lipinski definition) is 8. The number of rotatable bonds is 2. The van der Waals surface area contributed by atoms with E-state index in [-0.39, 0.29) is 11.5 Å². The van der Waals surface area contributed by atoms with E-state index in [2.05, 4.69) is 21.9 Å². The Kier molecular flexibility index (Phi) is 4.79. The van der Waals surface area contributed by atoms with E-state index in [1.807, 2.05) is 0 Å². The second kappa shape index (κ2) is 7.33. The van der Waals surface area contributed by atoms with Crippen molar-refractivity contribution in [2.75, 3.05) is 44.3 Å². The highest BCUT2D eigenvalue weighted by Crippen LogP contribution is 2.31. The topological polar surface area (TPSA) is 89.3 Å². The van der Waals surface area contributed by atoms with E-state index in [9.17, 15) is 9.59 Å². The van der Waals surface area contributed by atoms with Gasteiger partial charge in [-0.2, -0.15) is 4.52 Å². The maximum Gasteiger partial charge on any atom is 0.288 e. The summed E-state index contributed by atoms with van der Waals surface area (Å²) < 4.78 is 12.7. The lowest BCUT2D eigenvalue weighted by atomic mass is 10.0. The van der Waals surface area contributed by atoms with Crippen LogP contribution in [0.3, 0.4) is 0 Å². The highest BCUT2D eigenvalue weighted by Gasteiger charge is 2.41. The van der Waals surface area contributed by atoms with Crippen molar-refractivity contribution in [3.05, 3.63) is 22.1 Å². The summed E-state index contributed by atoms with van der Waals surface area (Å²) in [5.41, 5.74) is -0.336. The van der Waals surface area contributed by atoms with Crippen LogP contribution in [0.1, 0.15) is 43.0 Å². The van der Waals surface area contributed by atoms with Gasteiger partial charge in [0, 0.05) is 45.2 Å². The van der Waals surface area contributed by atoms with E-state index in [0.717, 1.165) is 24.6 Å². The van der Waals surface area contributed by atoms with Gasteiger partial charge in [-0.1, -0.05) is 18.3 Å². The summed E-state index contributed by atoms with van der Waals surface area (Å²) in [6, 6.07) is 0. The smallest absolute Gasteiger partial charge is 0.288 e. The molecule has 0 aromatic carbocycles. The second-order valence-corrected chi connectivity index (χ2v) is 9.08. The maximum atomic E-state index is 13.0. The highest BCUT2D eigenvalue weighted by molar-refractivity contribution is 7.20. The number of carbonyl (C=O) groups excluding carboxylic acids is 1. The number of amides is 1. The van der Waals surface area contributed by atoms with Gasteiger partial charge in [0.15, 0.2) is 5.79 Å². The molecule has 0 bridgehead atoms. The summed E-state index contributed by atoms with van der Waals surface area (Å²) in [6.07, 6.45) is 4.96. The highest BCUT2D eigenvalue weighted by atomic mass is 32.1. The molecule has 2 aromatic heterocycles. The number of hydrogen-bond donors (Lipinski definition) is 0. The van der Waals surface area contributed by atoms with Crippen molar-refractivity contribution in [1.29, 1.82) is 0 Å². The van der Waals surface area contributed by atoms with Crippen LogP contribution in [0.15, 0.2) is 11.0 Å². The first-order valence-electron chi connectivity index (χ1n) is 10.3.